The molecule has 0 unspecified atom stereocenters. The number of nitrogens with one attached hydrogen (secondary N) is 1. The lowest BCUT2D eigenvalue weighted by Crippen LogP contribution is -2.57. The summed E-state index contributed by atoms with van der Waals surface area (Å²) in [4.78, 5) is 6.66. The monoisotopic (exact) mass is 333 g/mol. The van der Waals surface area contributed by atoms with Gasteiger partial charge in [0.15, 0.2) is 15.8 Å². The van der Waals surface area contributed by atoms with Crippen molar-refractivity contribution >= 4 is 27.6 Å². The Bertz CT molecular complexity index is 473. The van der Waals surface area contributed by atoms with Crippen LogP contribution in [0.25, 0.3) is 0 Å². The Morgan fingerprint density at radius 1 is 1.52 bits per heavy atom. The molecule has 7 heteroatoms. The molecule has 0 atom stereocenters. The zero-order valence-corrected chi connectivity index (χ0v) is 14.9. The first-order valence-electron chi connectivity index (χ1n) is 7.28. The van der Waals surface area contributed by atoms with E-state index in [4.69, 9.17) is 0 Å². The summed E-state index contributed by atoms with van der Waals surface area (Å²) < 4.78 is 23.4. The molecular formula is C14H27N3O2S2. The fourth-order valence-corrected chi connectivity index (χ4v) is 4.05. The smallest absolute Gasteiger partial charge is 0.194 e. The average Bonchev–Trinajstić information content (AvgIpc) is 2.40. The van der Waals surface area contributed by atoms with Gasteiger partial charge in [-0.25, -0.2) is 8.42 Å². The maximum absolute atomic E-state index is 12.1. The summed E-state index contributed by atoms with van der Waals surface area (Å²) in [6.07, 6.45) is 1.89. The zero-order chi connectivity index (χ0) is 15.9. The Labute approximate surface area is 133 Å². The number of guanidine groups is 1. The third-order valence-corrected chi connectivity index (χ3v) is 6.89. The number of hydrogen-bond acceptors (Lipinski definition) is 4. The molecule has 0 amide bonds. The third-order valence-electron chi connectivity index (χ3n) is 3.41. The summed E-state index contributed by atoms with van der Waals surface area (Å²) in [5.74, 6) is 2.88. The SMILES string of the molecule is C=CCSCCN=C(NCC)N1CCS(=O)(=O)C(C)(C)C1. The van der Waals surface area contributed by atoms with Gasteiger partial charge < -0.3 is 10.2 Å². The van der Waals surface area contributed by atoms with Crippen molar-refractivity contribution in [3.05, 3.63) is 12.7 Å². The van der Waals surface area contributed by atoms with Gasteiger partial charge in [-0.2, -0.15) is 11.8 Å². The average molecular weight is 334 g/mol. The first-order valence-corrected chi connectivity index (χ1v) is 10.1. The molecule has 0 aliphatic carbocycles. The van der Waals surface area contributed by atoms with E-state index in [-0.39, 0.29) is 5.75 Å². The predicted octanol–water partition coefficient (Wildman–Crippen LogP) is 1.38. The van der Waals surface area contributed by atoms with E-state index in [1.807, 2.05) is 13.0 Å². The molecule has 1 rings (SSSR count). The minimum Gasteiger partial charge on any atom is -0.357 e. The van der Waals surface area contributed by atoms with E-state index in [2.05, 4.69) is 21.8 Å². The fraction of sp³-hybridized carbons (Fsp3) is 0.786. The predicted molar refractivity (Wildman–Crippen MR) is 92.9 cm³/mol. The van der Waals surface area contributed by atoms with E-state index in [0.717, 1.165) is 30.6 Å². The van der Waals surface area contributed by atoms with Gasteiger partial charge in [0.05, 0.1) is 17.0 Å². The molecule has 1 aliphatic heterocycles. The van der Waals surface area contributed by atoms with Crippen molar-refractivity contribution in [2.45, 2.75) is 25.5 Å². The van der Waals surface area contributed by atoms with Gasteiger partial charge in [0.25, 0.3) is 0 Å². The largest absolute Gasteiger partial charge is 0.357 e. The van der Waals surface area contributed by atoms with Crippen LogP contribution in [0.4, 0.5) is 0 Å². The second-order valence-electron chi connectivity index (χ2n) is 5.60. The minimum absolute atomic E-state index is 0.190. The van der Waals surface area contributed by atoms with Crippen molar-refractivity contribution in [3.63, 3.8) is 0 Å². The first-order chi connectivity index (χ1) is 9.84. The van der Waals surface area contributed by atoms with Crippen molar-refractivity contribution < 1.29 is 8.42 Å². The van der Waals surface area contributed by atoms with Gasteiger partial charge in [-0.15, -0.1) is 6.58 Å². The molecular weight excluding hydrogens is 306 g/mol. The van der Waals surface area contributed by atoms with E-state index < -0.39 is 14.6 Å². The molecule has 21 heavy (non-hydrogen) atoms. The van der Waals surface area contributed by atoms with E-state index in [1.54, 1.807) is 25.6 Å². The molecule has 0 radical (unpaired) electrons. The highest BCUT2D eigenvalue weighted by Gasteiger charge is 2.40. The molecule has 1 fully saturated rings. The van der Waals surface area contributed by atoms with Crippen LogP contribution in [0.1, 0.15) is 20.8 Å². The highest BCUT2D eigenvalue weighted by atomic mass is 32.2. The van der Waals surface area contributed by atoms with Crippen LogP contribution in [-0.2, 0) is 9.84 Å². The van der Waals surface area contributed by atoms with Gasteiger partial charge in [-0.1, -0.05) is 6.08 Å². The van der Waals surface area contributed by atoms with E-state index in [1.165, 1.54) is 0 Å². The normalized spacial score (nSPS) is 21.1. The van der Waals surface area contributed by atoms with Gasteiger partial charge in [0.2, 0.25) is 0 Å². The zero-order valence-electron chi connectivity index (χ0n) is 13.3. The first kappa shape index (κ1) is 18.4. The fourth-order valence-electron chi connectivity index (χ4n) is 2.13. The molecule has 1 aliphatic rings. The molecule has 0 bridgehead atoms. The number of hydrogen-bond donors (Lipinski definition) is 1. The maximum Gasteiger partial charge on any atom is 0.194 e. The molecule has 0 aromatic carbocycles. The Morgan fingerprint density at radius 2 is 2.24 bits per heavy atom. The number of nitrogens with zero attached hydrogens (tertiary/aromatic N) is 2. The number of thioether (sulfide) groups is 1. The summed E-state index contributed by atoms with van der Waals surface area (Å²) in [7, 11) is -3.01. The van der Waals surface area contributed by atoms with Crippen LogP contribution in [0.5, 0.6) is 0 Å². The van der Waals surface area contributed by atoms with Crippen molar-refractivity contribution in [3.8, 4) is 0 Å². The van der Waals surface area contributed by atoms with Gasteiger partial charge in [0, 0.05) is 31.1 Å². The van der Waals surface area contributed by atoms with Crippen LogP contribution < -0.4 is 5.32 Å². The molecule has 0 saturated carbocycles. The van der Waals surface area contributed by atoms with Crippen LogP contribution in [0.15, 0.2) is 17.6 Å². The number of aliphatic imine (C=N–C) groups is 1. The second-order valence-corrected chi connectivity index (χ2v) is 9.49. The molecule has 0 aromatic rings. The summed E-state index contributed by atoms with van der Waals surface area (Å²) in [6, 6.07) is 0. The van der Waals surface area contributed by atoms with E-state index in [0.29, 0.717) is 13.1 Å². The van der Waals surface area contributed by atoms with E-state index >= 15 is 0 Å². The Hall–Kier alpha value is -0.690. The van der Waals surface area contributed by atoms with Crippen molar-refractivity contribution in [1.29, 1.82) is 0 Å². The quantitative estimate of drug-likeness (QED) is 0.344. The minimum atomic E-state index is -3.01. The highest BCUT2D eigenvalue weighted by Crippen LogP contribution is 2.23. The van der Waals surface area contributed by atoms with Crippen LogP contribution in [0, 0.1) is 0 Å². The highest BCUT2D eigenvalue weighted by molar-refractivity contribution is 7.99. The summed E-state index contributed by atoms with van der Waals surface area (Å²) in [5.41, 5.74) is 0. The molecule has 1 heterocycles. The van der Waals surface area contributed by atoms with Crippen LogP contribution in [0.3, 0.4) is 0 Å². The molecule has 1 N–H and O–H groups in total. The number of rotatable bonds is 6. The second kappa shape index (κ2) is 8.08. The Kier molecular flexibility index (Phi) is 7.06. The van der Waals surface area contributed by atoms with Gasteiger partial charge in [-0.3, -0.25) is 4.99 Å². The van der Waals surface area contributed by atoms with Gasteiger partial charge in [-0.05, 0) is 20.8 Å². The Morgan fingerprint density at radius 3 is 2.81 bits per heavy atom. The lowest BCUT2D eigenvalue weighted by Gasteiger charge is -2.39. The molecule has 122 valence electrons. The molecule has 1 saturated heterocycles. The van der Waals surface area contributed by atoms with Gasteiger partial charge >= 0.3 is 0 Å². The lowest BCUT2D eigenvalue weighted by molar-refractivity contribution is 0.353. The molecule has 0 aromatic heterocycles. The lowest BCUT2D eigenvalue weighted by atomic mass is 10.2. The van der Waals surface area contributed by atoms with Gasteiger partial charge in [0.1, 0.15) is 0 Å². The van der Waals surface area contributed by atoms with Crippen LogP contribution in [-0.4, -0.2) is 67.5 Å². The topological polar surface area (TPSA) is 61.8 Å². The molecule has 0 spiro atoms. The summed E-state index contributed by atoms with van der Waals surface area (Å²) in [5, 5.41) is 3.26. The van der Waals surface area contributed by atoms with Crippen molar-refractivity contribution in [2.24, 2.45) is 4.99 Å². The van der Waals surface area contributed by atoms with Crippen LogP contribution in [0.2, 0.25) is 0 Å². The summed E-state index contributed by atoms with van der Waals surface area (Å²) in [6.45, 7) is 11.8. The number of sulfone groups is 1. The standard InChI is InChI=1S/C14H27N3O2S2/c1-5-9-20-10-7-16-13(15-6-2)17-8-11-21(18,19)14(3,4)12-17/h5H,1,6-12H2,2-4H3,(H,15,16). The maximum atomic E-state index is 12.1. The third kappa shape index (κ3) is 5.21. The molecule has 5 nitrogen and oxygen atoms in total. The van der Waals surface area contributed by atoms with Crippen LogP contribution >= 0.6 is 11.8 Å². The van der Waals surface area contributed by atoms with Crippen molar-refractivity contribution in [2.75, 3.05) is 43.4 Å². The Balaban J connectivity index is 2.68. The van der Waals surface area contributed by atoms with E-state index in [9.17, 15) is 8.42 Å². The summed E-state index contributed by atoms with van der Waals surface area (Å²) >= 11 is 1.79. The van der Waals surface area contributed by atoms with Crippen molar-refractivity contribution in [1.82, 2.24) is 10.2 Å².